The van der Waals surface area contributed by atoms with Crippen LogP contribution in [0.2, 0.25) is 0 Å². The van der Waals surface area contributed by atoms with Crippen LogP contribution in [0.5, 0.6) is 5.75 Å². The fourth-order valence-corrected chi connectivity index (χ4v) is 5.57. The number of aromatic hydroxyl groups is 1. The summed E-state index contributed by atoms with van der Waals surface area (Å²) in [6.07, 6.45) is 1.74. The molecule has 2 aromatic heterocycles. The van der Waals surface area contributed by atoms with E-state index < -0.39 is 0 Å². The monoisotopic (exact) mass is 748 g/mol. The third-order valence-corrected chi connectivity index (χ3v) is 7.73. The number of phenols is 1. The summed E-state index contributed by atoms with van der Waals surface area (Å²) in [5.41, 5.74) is 9.39. The summed E-state index contributed by atoms with van der Waals surface area (Å²) in [6.45, 7) is 0. The molecule has 7 rings (SSSR count). The number of para-hydroxylation sites is 1. The Balaban J connectivity index is 0.00000343. The molecule has 0 bridgehead atoms. The number of imidazole rings is 1. The van der Waals surface area contributed by atoms with Crippen LogP contribution in [0.15, 0.2) is 128 Å². The second-order valence-electron chi connectivity index (χ2n) is 10.3. The maximum absolute atomic E-state index is 11.7. The number of benzene rings is 5. The molecule has 214 valence electrons. The van der Waals surface area contributed by atoms with Crippen molar-refractivity contribution in [3.05, 3.63) is 139 Å². The van der Waals surface area contributed by atoms with E-state index in [1.54, 1.807) is 12.3 Å². The Labute approximate surface area is 270 Å². The summed E-state index contributed by atoms with van der Waals surface area (Å²) < 4.78 is 1.99. The van der Waals surface area contributed by atoms with Gasteiger partial charge in [-0.2, -0.15) is 0 Å². The quantitative estimate of drug-likeness (QED) is 0.179. The number of hydrogen-bond acceptors (Lipinski definition) is 4. The van der Waals surface area contributed by atoms with Crippen LogP contribution in [0.3, 0.4) is 0 Å². The molecule has 0 aliphatic heterocycles. The van der Waals surface area contributed by atoms with Crippen molar-refractivity contribution in [3.63, 3.8) is 0 Å². The van der Waals surface area contributed by atoms with Crippen LogP contribution in [-0.2, 0) is 28.1 Å². The van der Waals surface area contributed by atoms with E-state index in [-0.39, 0.29) is 26.8 Å². The fraction of sp³-hybridized carbons (Fsp3) is 0.0263. The van der Waals surface area contributed by atoms with E-state index in [1.165, 1.54) is 0 Å². The number of rotatable bonds is 5. The Hall–Kier alpha value is -5.30. The second-order valence-corrected chi connectivity index (χ2v) is 10.3. The van der Waals surface area contributed by atoms with Gasteiger partial charge in [-0.15, -0.1) is 18.2 Å². The first kappa shape index (κ1) is 28.8. The van der Waals surface area contributed by atoms with Crippen LogP contribution in [-0.4, -0.2) is 19.6 Å². The van der Waals surface area contributed by atoms with Gasteiger partial charge in [-0.25, -0.2) is 10.2 Å². The van der Waals surface area contributed by atoms with Crippen LogP contribution >= 0.6 is 0 Å². The van der Waals surface area contributed by atoms with Crippen LogP contribution in [0.25, 0.3) is 67.1 Å². The molecule has 0 amide bonds. The number of phenolic OH excluding ortho intramolecular Hbond substituents is 1. The summed E-state index contributed by atoms with van der Waals surface area (Å²) >= 11 is 0. The molecule has 44 heavy (non-hydrogen) atoms. The fourth-order valence-electron chi connectivity index (χ4n) is 5.57. The van der Waals surface area contributed by atoms with Crippen LogP contribution < -0.4 is 0 Å². The van der Waals surface area contributed by atoms with Crippen molar-refractivity contribution in [2.24, 2.45) is 7.05 Å². The van der Waals surface area contributed by atoms with Crippen LogP contribution in [0, 0.1) is 17.4 Å². The molecule has 0 aliphatic carbocycles. The summed E-state index contributed by atoms with van der Waals surface area (Å²) in [5, 5.41) is 21.8. The number of aryl methyl sites for hydroxylation is 1. The molecule has 5 nitrogen and oxygen atoms in total. The van der Waals surface area contributed by atoms with E-state index >= 15 is 0 Å². The molecular formula is C38H25N4OPt-. The first-order valence-corrected chi connectivity index (χ1v) is 13.9. The van der Waals surface area contributed by atoms with Crippen molar-refractivity contribution in [1.82, 2.24) is 14.5 Å². The number of hydrogen-bond donors (Lipinski definition) is 1. The molecule has 5 aromatic carbocycles. The van der Waals surface area contributed by atoms with Crippen molar-refractivity contribution in [1.29, 1.82) is 5.26 Å². The van der Waals surface area contributed by atoms with E-state index in [0.717, 1.165) is 50.1 Å². The number of pyridine rings is 1. The Kier molecular flexibility index (Phi) is 7.94. The summed E-state index contributed by atoms with van der Waals surface area (Å²) in [5.74, 6) is 0.779. The molecule has 0 fully saturated rings. The number of aromatic nitrogens is 3. The second kappa shape index (κ2) is 12.1. The Morgan fingerprint density at radius 2 is 1.43 bits per heavy atom. The topological polar surface area (TPSA) is 74.7 Å². The average molecular weight is 749 g/mol. The van der Waals surface area contributed by atoms with E-state index in [4.69, 9.17) is 4.98 Å². The Bertz CT molecular complexity index is 2150. The van der Waals surface area contributed by atoms with E-state index in [9.17, 15) is 10.4 Å². The largest absolute Gasteiger partial charge is 0.507 e. The van der Waals surface area contributed by atoms with Crippen molar-refractivity contribution in [2.45, 2.75) is 0 Å². The maximum atomic E-state index is 11.7. The normalized spacial score (nSPS) is 10.7. The zero-order chi connectivity index (χ0) is 29.3. The predicted molar refractivity (Wildman–Crippen MR) is 171 cm³/mol. The number of nitrogens with zero attached hydrogens (tertiary/aromatic N) is 4. The predicted octanol–water partition coefficient (Wildman–Crippen LogP) is 8.68. The van der Waals surface area contributed by atoms with Gasteiger partial charge in [0.2, 0.25) is 0 Å². The number of fused-ring (bicyclic) bond motifs is 1. The van der Waals surface area contributed by atoms with Gasteiger partial charge >= 0.3 is 0 Å². The van der Waals surface area contributed by atoms with Crippen molar-refractivity contribution < 1.29 is 26.2 Å². The van der Waals surface area contributed by atoms with Gasteiger partial charge in [0.05, 0.1) is 22.7 Å². The smallest absolute Gasteiger partial charge is 0.143 e. The van der Waals surface area contributed by atoms with Crippen molar-refractivity contribution in [2.75, 3.05) is 0 Å². The Morgan fingerprint density at radius 1 is 0.727 bits per heavy atom. The first-order valence-electron chi connectivity index (χ1n) is 13.9. The van der Waals surface area contributed by atoms with E-state index in [1.807, 2.05) is 115 Å². The summed E-state index contributed by atoms with van der Waals surface area (Å²) in [6, 6.07) is 45.1. The first-order chi connectivity index (χ1) is 21.1. The summed E-state index contributed by atoms with van der Waals surface area (Å²) in [4.78, 5) is 9.60. The zero-order valence-corrected chi connectivity index (χ0v) is 25.9. The van der Waals surface area contributed by atoms with E-state index in [2.05, 4.69) is 29.3 Å². The van der Waals surface area contributed by atoms with E-state index in [0.29, 0.717) is 22.5 Å². The SMILES string of the molecule is Cn1c(-c2cc(-c3ccccc3)cc(-c3ccccc3)c2O)nc2c(-c3[c-]c(-c4ccccn4)ccc3C#N)cccc21.[Pt]. The molecule has 7 aromatic rings. The third kappa shape index (κ3) is 5.11. The molecule has 0 unspecified atom stereocenters. The van der Waals surface area contributed by atoms with Gasteiger partial charge in [0.1, 0.15) is 11.6 Å². The molecule has 0 spiro atoms. The standard InChI is InChI=1S/C38H25N4O.Pt/c1-42-35-17-10-15-30(31-21-27(18-19-28(31)24-39)34-16-8-9-20-40-34)36(35)41-38(42)33-23-29(25-11-4-2-5-12-25)22-32(37(33)43)26-13-6-3-7-14-26;/h2-20,22-23,43H,1H3;/q-1;. The summed E-state index contributed by atoms with van der Waals surface area (Å²) in [7, 11) is 1.95. The molecular weight excluding hydrogens is 724 g/mol. The van der Waals surface area contributed by atoms with Gasteiger partial charge < -0.3 is 9.67 Å². The Morgan fingerprint density at radius 3 is 2.14 bits per heavy atom. The van der Waals surface area contributed by atoms with Gasteiger partial charge in [-0.1, -0.05) is 102 Å². The zero-order valence-electron chi connectivity index (χ0n) is 23.7. The maximum Gasteiger partial charge on any atom is 0.143 e. The molecule has 0 saturated carbocycles. The van der Waals surface area contributed by atoms with Gasteiger partial charge in [-0.05, 0) is 46.5 Å². The minimum Gasteiger partial charge on any atom is -0.507 e. The minimum atomic E-state index is 0. The molecule has 1 N–H and O–H groups in total. The molecule has 0 radical (unpaired) electrons. The molecule has 6 heteroatoms. The van der Waals surface area contributed by atoms with Crippen molar-refractivity contribution >= 4 is 11.0 Å². The average Bonchev–Trinajstić information content (AvgIpc) is 3.41. The van der Waals surface area contributed by atoms with Gasteiger partial charge in [0.25, 0.3) is 0 Å². The number of nitriles is 1. The molecule has 0 atom stereocenters. The van der Waals surface area contributed by atoms with Gasteiger partial charge in [0.15, 0.2) is 0 Å². The minimum absolute atomic E-state index is 0. The third-order valence-electron chi connectivity index (χ3n) is 7.73. The van der Waals surface area contributed by atoms with Gasteiger partial charge in [0, 0.05) is 45.6 Å². The molecule has 0 saturated heterocycles. The van der Waals surface area contributed by atoms with Crippen LogP contribution in [0.4, 0.5) is 0 Å². The van der Waals surface area contributed by atoms with Gasteiger partial charge in [-0.3, -0.25) is 4.98 Å². The van der Waals surface area contributed by atoms with Crippen LogP contribution in [0.1, 0.15) is 5.56 Å². The molecule has 2 heterocycles. The molecule has 0 aliphatic rings. The van der Waals surface area contributed by atoms with Crippen molar-refractivity contribution in [3.8, 4) is 67.8 Å².